The summed E-state index contributed by atoms with van der Waals surface area (Å²) in [4.78, 5) is 3.94. The molecule has 1 aromatic carbocycles. The Morgan fingerprint density at radius 2 is 1.77 bits per heavy atom. The molecule has 4 rings (SSSR count). The van der Waals surface area contributed by atoms with Gasteiger partial charge in [-0.25, -0.2) is 4.98 Å². The van der Waals surface area contributed by atoms with Gasteiger partial charge in [-0.15, -0.1) is 0 Å². The van der Waals surface area contributed by atoms with E-state index in [2.05, 4.69) is 59.4 Å². The molecule has 0 bridgehead atoms. The van der Waals surface area contributed by atoms with Crippen LogP contribution in [-0.4, -0.2) is 29.9 Å². The van der Waals surface area contributed by atoms with E-state index in [1.807, 2.05) is 12.1 Å². The van der Waals surface area contributed by atoms with E-state index in [-0.39, 0.29) is 24.2 Å². The Bertz CT molecular complexity index is 904. The molecule has 2 aliphatic rings. The van der Waals surface area contributed by atoms with Crippen molar-refractivity contribution in [2.24, 2.45) is 0 Å². The van der Waals surface area contributed by atoms with E-state index in [0.717, 1.165) is 11.8 Å². The van der Waals surface area contributed by atoms with Gasteiger partial charge in [0.2, 0.25) is 5.88 Å². The van der Waals surface area contributed by atoms with Crippen LogP contribution in [0, 0.1) is 0 Å². The lowest BCUT2D eigenvalue weighted by molar-refractivity contribution is -0.0526. The number of rotatable bonds is 3. The predicted molar refractivity (Wildman–Crippen MR) is 119 cm³/mol. The van der Waals surface area contributed by atoms with Gasteiger partial charge in [-0.2, -0.15) is 8.78 Å². The zero-order valence-corrected chi connectivity index (χ0v) is 19.3. The molecule has 162 valence electrons. The number of hydrogen-bond donors (Lipinski definition) is 0. The summed E-state index contributed by atoms with van der Waals surface area (Å²) in [6.07, 6.45) is 7.20. The minimum Gasteiger partial charge on any atom is -0.417 e. The van der Waals surface area contributed by atoms with Gasteiger partial charge in [-0.3, -0.25) is 0 Å². The highest BCUT2D eigenvalue weighted by Gasteiger charge is 2.52. The third kappa shape index (κ3) is 5.40. The lowest BCUT2D eigenvalue weighted by atomic mass is 9.73. The van der Waals surface area contributed by atoms with Crippen LogP contribution < -0.4 is 4.74 Å². The smallest absolute Gasteiger partial charge is 0.417 e. The molecule has 0 amide bonds. The number of halogens is 3. The molecule has 0 saturated carbocycles. The second kappa shape index (κ2) is 9.33. The molecule has 30 heavy (non-hydrogen) atoms. The number of allylic oxidation sites excluding steroid dienone is 2. The molecule has 0 unspecified atom stereocenters. The SMILES string of the molecule is CC1(C)OB(C2=CCCCC2)OC1(C)C.FC(F)Oc1cc(Br)c2ccccc2n1. The van der Waals surface area contributed by atoms with Crippen molar-refractivity contribution < 1.29 is 22.8 Å². The largest absolute Gasteiger partial charge is 0.490 e. The van der Waals surface area contributed by atoms with Crippen LogP contribution in [0.2, 0.25) is 0 Å². The van der Waals surface area contributed by atoms with Crippen molar-refractivity contribution in [2.45, 2.75) is 71.2 Å². The summed E-state index contributed by atoms with van der Waals surface area (Å²) < 4.78 is 40.9. The third-order valence-electron chi connectivity index (χ3n) is 5.73. The lowest BCUT2D eigenvalue weighted by Gasteiger charge is -2.32. The molecule has 4 nitrogen and oxygen atoms in total. The van der Waals surface area contributed by atoms with Crippen LogP contribution in [0.4, 0.5) is 8.78 Å². The molecule has 1 fully saturated rings. The van der Waals surface area contributed by atoms with E-state index < -0.39 is 6.61 Å². The van der Waals surface area contributed by atoms with Crippen molar-refractivity contribution >= 4 is 34.0 Å². The maximum Gasteiger partial charge on any atom is 0.490 e. The normalized spacial score (nSPS) is 20.0. The first-order valence-electron chi connectivity index (χ1n) is 10.1. The van der Waals surface area contributed by atoms with Crippen molar-refractivity contribution in [1.82, 2.24) is 4.98 Å². The third-order valence-corrected chi connectivity index (χ3v) is 6.39. The number of alkyl halides is 2. The molecule has 0 N–H and O–H groups in total. The molecule has 2 aromatic rings. The van der Waals surface area contributed by atoms with Crippen molar-refractivity contribution in [2.75, 3.05) is 0 Å². The van der Waals surface area contributed by atoms with Crippen LogP contribution in [0.15, 0.2) is 46.4 Å². The van der Waals surface area contributed by atoms with E-state index in [1.165, 1.54) is 30.8 Å². The van der Waals surface area contributed by atoms with Crippen molar-refractivity contribution in [3.05, 3.63) is 46.4 Å². The van der Waals surface area contributed by atoms with Crippen LogP contribution in [0.5, 0.6) is 5.88 Å². The molecular weight excluding hydrogens is 455 g/mol. The number of para-hydroxylation sites is 1. The van der Waals surface area contributed by atoms with Gasteiger partial charge in [-0.1, -0.05) is 24.3 Å². The summed E-state index contributed by atoms with van der Waals surface area (Å²) >= 11 is 3.27. The van der Waals surface area contributed by atoms with Gasteiger partial charge in [0.15, 0.2) is 0 Å². The van der Waals surface area contributed by atoms with Gasteiger partial charge in [0.25, 0.3) is 0 Å². The molecule has 1 aliphatic heterocycles. The quantitative estimate of drug-likeness (QED) is 0.456. The number of hydrogen-bond acceptors (Lipinski definition) is 4. The topological polar surface area (TPSA) is 40.6 Å². The lowest BCUT2D eigenvalue weighted by Crippen LogP contribution is -2.41. The van der Waals surface area contributed by atoms with Crippen LogP contribution >= 0.6 is 15.9 Å². The molecule has 2 heterocycles. The minimum atomic E-state index is -2.86. The zero-order chi connectivity index (χ0) is 21.9. The second-order valence-electron chi connectivity index (χ2n) is 8.45. The Morgan fingerprint density at radius 3 is 2.37 bits per heavy atom. The van der Waals surface area contributed by atoms with Crippen molar-refractivity contribution in [1.29, 1.82) is 0 Å². The van der Waals surface area contributed by atoms with E-state index in [0.29, 0.717) is 9.99 Å². The Morgan fingerprint density at radius 1 is 1.10 bits per heavy atom. The highest BCUT2D eigenvalue weighted by atomic mass is 79.9. The van der Waals surface area contributed by atoms with Gasteiger partial charge < -0.3 is 14.0 Å². The van der Waals surface area contributed by atoms with Crippen LogP contribution in [0.1, 0.15) is 53.4 Å². The summed E-state index contributed by atoms with van der Waals surface area (Å²) in [7, 11) is -0.102. The maximum atomic E-state index is 12.0. The molecule has 1 aromatic heterocycles. The number of aromatic nitrogens is 1. The van der Waals surface area contributed by atoms with Crippen molar-refractivity contribution in [3.8, 4) is 5.88 Å². The van der Waals surface area contributed by atoms with Gasteiger partial charge in [-0.05, 0) is 80.8 Å². The summed E-state index contributed by atoms with van der Waals surface area (Å²) in [5.74, 6) is -0.0874. The summed E-state index contributed by atoms with van der Waals surface area (Å²) in [5.41, 5.74) is 1.56. The standard InChI is InChI=1S/C12H21BO2.C10H6BrF2NO/c1-11(2)12(3,4)15-13(14-11)10-8-6-5-7-9-10;11-7-5-9(15-10(12)13)14-8-4-2-1-3-6(7)8/h8H,5-7,9H2,1-4H3;1-5,10H. The molecule has 1 aliphatic carbocycles. The average Bonchev–Trinajstić information content (AvgIpc) is 2.90. The Labute approximate surface area is 185 Å². The van der Waals surface area contributed by atoms with Crippen molar-refractivity contribution in [3.63, 3.8) is 0 Å². The molecule has 0 atom stereocenters. The van der Waals surface area contributed by atoms with E-state index in [4.69, 9.17) is 9.31 Å². The summed E-state index contributed by atoms with van der Waals surface area (Å²) in [6.45, 7) is 5.57. The average molecular weight is 482 g/mol. The number of ether oxygens (including phenoxy) is 1. The molecule has 0 spiro atoms. The maximum absolute atomic E-state index is 12.0. The van der Waals surface area contributed by atoms with Crippen LogP contribution in [0.3, 0.4) is 0 Å². The van der Waals surface area contributed by atoms with Crippen LogP contribution in [0.25, 0.3) is 10.9 Å². The fourth-order valence-corrected chi connectivity index (χ4v) is 3.86. The number of benzene rings is 1. The monoisotopic (exact) mass is 481 g/mol. The molecule has 1 saturated heterocycles. The number of pyridine rings is 1. The molecule has 8 heteroatoms. The molecule has 0 radical (unpaired) electrons. The highest BCUT2D eigenvalue weighted by molar-refractivity contribution is 9.10. The van der Waals surface area contributed by atoms with E-state index in [1.54, 1.807) is 12.1 Å². The number of nitrogens with zero attached hydrogens (tertiary/aromatic N) is 1. The van der Waals surface area contributed by atoms with E-state index >= 15 is 0 Å². The fraction of sp³-hybridized carbons (Fsp3) is 0.500. The summed E-state index contributed by atoms with van der Waals surface area (Å²) in [5, 5.41) is 0.860. The van der Waals surface area contributed by atoms with Gasteiger partial charge in [0.1, 0.15) is 0 Å². The first kappa shape index (κ1) is 23.2. The minimum absolute atomic E-state index is 0.0874. The van der Waals surface area contributed by atoms with Gasteiger partial charge in [0.05, 0.1) is 16.7 Å². The van der Waals surface area contributed by atoms with Crippen LogP contribution in [-0.2, 0) is 9.31 Å². The first-order valence-corrected chi connectivity index (χ1v) is 10.9. The fourth-order valence-electron chi connectivity index (χ4n) is 3.33. The second-order valence-corrected chi connectivity index (χ2v) is 9.31. The van der Waals surface area contributed by atoms with E-state index in [9.17, 15) is 8.78 Å². The molecular formula is C22H27BBrF2NO3. The Hall–Kier alpha value is -1.51. The predicted octanol–water partition coefficient (Wildman–Crippen LogP) is 6.72. The Kier molecular flexibility index (Phi) is 7.20. The van der Waals surface area contributed by atoms with Gasteiger partial charge in [0, 0.05) is 15.9 Å². The zero-order valence-electron chi connectivity index (χ0n) is 17.8. The summed E-state index contributed by atoms with van der Waals surface area (Å²) in [6, 6.07) is 8.64. The van der Waals surface area contributed by atoms with Gasteiger partial charge >= 0.3 is 13.7 Å². The number of fused-ring (bicyclic) bond motifs is 1. The Balaban J connectivity index is 0.000000171. The first-order chi connectivity index (χ1) is 14.1. The highest BCUT2D eigenvalue weighted by Crippen LogP contribution is 2.40.